The minimum Gasteiger partial charge on any atom is -0.459 e. The van der Waals surface area contributed by atoms with Crippen LogP contribution in [0.3, 0.4) is 0 Å². The zero-order valence-corrected chi connectivity index (χ0v) is 13.4. The summed E-state index contributed by atoms with van der Waals surface area (Å²) in [4.78, 5) is 23.9. The van der Waals surface area contributed by atoms with E-state index in [-0.39, 0.29) is 30.0 Å². The first kappa shape index (κ1) is 18.7. The Morgan fingerprint density at radius 1 is 1.09 bits per heavy atom. The monoisotopic (exact) mass is 337 g/mol. The molecule has 23 heavy (non-hydrogen) atoms. The average molecular weight is 338 g/mol. The van der Waals surface area contributed by atoms with Gasteiger partial charge in [-0.1, -0.05) is 6.07 Å². The van der Waals surface area contributed by atoms with E-state index in [1.807, 2.05) is 0 Å². The van der Waals surface area contributed by atoms with Gasteiger partial charge in [0.15, 0.2) is 5.76 Å². The van der Waals surface area contributed by atoms with Gasteiger partial charge >= 0.3 is 0 Å². The summed E-state index contributed by atoms with van der Waals surface area (Å²) in [5.74, 6) is -0.312. The van der Waals surface area contributed by atoms with Crippen LogP contribution in [0.1, 0.15) is 33.8 Å². The Labute approximate surface area is 140 Å². The highest BCUT2D eigenvalue weighted by molar-refractivity contribution is 6.03. The molecule has 0 aliphatic heterocycles. The Kier molecular flexibility index (Phi) is 7.87. The molecule has 0 aliphatic carbocycles. The normalized spacial score (nSPS) is 9.78. The molecular weight excluding hydrogens is 318 g/mol. The van der Waals surface area contributed by atoms with Crippen molar-refractivity contribution in [2.24, 2.45) is 5.73 Å². The molecule has 7 heteroatoms. The van der Waals surface area contributed by atoms with Crippen LogP contribution in [-0.4, -0.2) is 24.9 Å². The van der Waals surface area contributed by atoms with Crippen molar-refractivity contribution in [1.29, 1.82) is 0 Å². The summed E-state index contributed by atoms with van der Waals surface area (Å²) >= 11 is 0. The summed E-state index contributed by atoms with van der Waals surface area (Å²) in [6.45, 7) is 1.20. The summed E-state index contributed by atoms with van der Waals surface area (Å²) in [7, 11) is 0. The van der Waals surface area contributed by atoms with Crippen molar-refractivity contribution in [2.45, 2.75) is 12.8 Å². The number of hydrogen-bond acceptors (Lipinski definition) is 4. The number of halogens is 1. The molecule has 2 aromatic rings. The maximum absolute atomic E-state index is 12.0. The summed E-state index contributed by atoms with van der Waals surface area (Å²) in [6, 6.07) is 9.96. The van der Waals surface area contributed by atoms with Gasteiger partial charge in [-0.15, -0.1) is 12.4 Å². The molecule has 4 N–H and O–H groups in total. The predicted molar refractivity (Wildman–Crippen MR) is 91.0 cm³/mol. The van der Waals surface area contributed by atoms with Crippen LogP contribution in [-0.2, 0) is 0 Å². The average Bonchev–Trinajstić information content (AvgIpc) is 3.06. The van der Waals surface area contributed by atoms with Crippen molar-refractivity contribution in [2.75, 3.05) is 18.4 Å². The number of benzene rings is 1. The van der Waals surface area contributed by atoms with Crippen LogP contribution < -0.4 is 16.4 Å². The molecule has 0 bridgehead atoms. The summed E-state index contributed by atoms with van der Waals surface area (Å²) in [5, 5.41) is 5.50. The van der Waals surface area contributed by atoms with Crippen molar-refractivity contribution in [1.82, 2.24) is 5.32 Å². The second kappa shape index (κ2) is 9.66. The van der Waals surface area contributed by atoms with E-state index >= 15 is 0 Å². The largest absolute Gasteiger partial charge is 0.459 e. The van der Waals surface area contributed by atoms with Gasteiger partial charge in [0.2, 0.25) is 0 Å². The van der Waals surface area contributed by atoms with Gasteiger partial charge in [-0.3, -0.25) is 9.59 Å². The van der Waals surface area contributed by atoms with Crippen LogP contribution in [0.25, 0.3) is 0 Å². The van der Waals surface area contributed by atoms with Crippen molar-refractivity contribution >= 4 is 29.9 Å². The molecule has 1 aromatic carbocycles. The minimum absolute atomic E-state index is 0. The Morgan fingerprint density at radius 2 is 1.91 bits per heavy atom. The van der Waals surface area contributed by atoms with Crippen molar-refractivity contribution < 1.29 is 14.0 Å². The third kappa shape index (κ3) is 5.77. The molecule has 2 amide bonds. The van der Waals surface area contributed by atoms with Crippen molar-refractivity contribution in [3.63, 3.8) is 0 Å². The molecule has 0 atom stereocenters. The van der Waals surface area contributed by atoms with E-state index in [2.05, 4.69) is 10.6 Å². The SMILES string of the molecule is Cl.NCCCCNC(=O)c1cccc(NC(=O)c2ccco2)c1. The Bertz CT molecular complexity index is 629. The first-order chi connectivity index (χ1) is 10.7. The first-order valence-corrected chi connectivity index (χ1v) is 7.14. The lowest BCUT2D eigenvalue weighted by molar-refractivity contribution is 0.0951. The van der Waals surface area contributed by atoms with Crippen LogP contribution in [0.4, 0.5) is 5.69 Å². The third-order valence-electron chi connectivity index (χ3n) is 3.04. The Morgan fingerprint density at radius 3 is 2.61 bits per heavy atom. The fourth-order valence-corrected chi connectivity index (χ4v) is 1.91. The number of anilines is 1. The standard InChI is InChI=1S/C16H19N3O3.ClH/c17-8-1-2-9-18-15(20)12-5-3-6-13(11-12)19-16(21)14-7-4-10-22-14;/h3-7,10-11H,1-2,8-9,17H2,(H,18,20)(H,19,21);1H. The van der Waals surface area contributed by atoms with E-state index in [1.165, 1.54) is 6.26 Å². The van der Waals surface area contributed by atoms with Crippen molar-refractivity contribution in [3.8, 4) is 0 Å². The quantitative estimate of drug-likeness (QED) is 0.676. The number of carbonyl (C=O) groups excluding carboxylic acids is 2. The van der Waals surface area contributed by atoms with Gasteiger partial charge in [0, 0.05) is 17.8 Å². The third-order valence-corrected chi connectivity index (χ3v) is 3.04. The number of carbonyl (C=O) groups is 2. The molecule has 0 saturated heterocycles. The number of unbranched alkanes of at least 4 members (excludes halogenated alkanes) is 1. The summed E-state index contributed by atoms with van der Waals surface area (Å²) < 4.78 is 5.02. The molecule has 0 unspecified atom stereocenters. The highest BCUT2D eigenvalue weighted by Crippen LogP contribution is 2.12. The van der Waals surface area contributed by atoms with Gasteiger partial charge in [-0.05, 0) is 49.7 Å². The second-order valence-electron chi connectivity index (χ2n) is 4.76. The molecule has 124 valence electrons. The number of amides is 2. The number of furan rings is 1. The van der Waals surface area contributed by atoms with Gasteiger partial charge in [0.25, 0.3) is 11.8 Å². The lowest BCUT2D eigenvalue weighted by Gasteiger charge is -2.07. The Balaban J connectivity index is 0.00000264. The van der Waals surface area contributed by atoms with E-state index in [0.29, 0.717) is 24.3 Å². The molecular formula is C16H20ClN3O3. The van der Waals surface area contributed by atoms with Crippen LogP contribution >= 0.6 is 12.4 Å². The molecule has 0 radical (unpaired) electrons. The molecule has 0 fully saturated rings. The highest BCUT2D eigenvalue weighted by Gasteiger charge is 2.10. The van der Waals surface area contributed by atoms with Gasteiger partial charge in [0.1, 0.15) is 0 Å². The number of nitrogens with one attached hydrogen (secondary N) is 2. The zero-order chi connectivity index (χ0) is 15.8. The van der Waals surface area contributed by atoms with E-state index in [9.17, 15) is 9.59 Å². The zero-order valence-electron chi connectivity index (χ0n) is 12.6. The summed E-state index contributed by atoms with van der Waals surface area (Å²) in [6.07, 6.45) is 3.15. The van der Waals surface area contributed by atoms with Crippen LogP contribution in [0.2, 0.25) is 0 Å². The fraction of sp³-hybridized carbons (Fsp3) is 0.250. The lowest BCUT2D eigenvalue weighted by Crippen LogP contribution is -2.25. The smallest absolute Gasteiger partial charge is 0.291 e. The predicted octanol–water partition coefficient (Wildman–Crippen LogP) is 2.42. The van der Waals surface area contributed by atoms with Crippen molar-refractivity contribution in [3.05, 3.63) is 54.0 Å². The topological polar surface area (TPSA) is 97.4 Å². The number of nitrogens with two attached hydrogens (primary N) is 1. The lowest BCUT2D eigenvalue weighted by atomic mass is 10.2. The van der Waals surface area contributed by atoms with Gasteiger partial charge in [-0.25, -0.2) is 0 Å². The molecule has 6 nitrogen and oxygen atoms in total. The maximum atomic E-state index is 12.0. The van der Waals surface area contributed by atoms with Crippen LogP contribution in [0, 0.1) is 0 Å². The first-order valence-electron chi connectivity index (χ1n) is 7.14. The highest BCUT2D eigenvalue weighted by atomic mass is 35.5. The number of rotatable bonds is 7. The molecule has 1 aromatic heterocycles. The minimum atomic E-state index is -0.356. The van der Waals surface area contributed by atoms with Gasteiger partial charge < -0.3 is 20.8 Å². The molecule has 2 rings (SSSR count). The second-order valence-corrected chi connectivity index (χ2v) is 4.76. The molecule has 1 heterocycles. The fourth-order valence-electron chi connectivity index (χ4n) is 1.91. The molecule has 0 saturated carbocycles. The van der Waals surface area contributed by atoms with Gasteiger partial charge in [-0.2, -0.15) is 0 Å². The van der Waals surface area contributed by atoms with E-state index in [1.54, 1.807) is 36.4 Å². The van der Waals surface area contributed by atoms with Gasteiger partial charge in [0.05, 0.1) is 6.26 Å². The van der Waals surface area contributed by atoms with E-state index < -0.39 is 0 Å². The van der Waals surface area contributed by atoms with Crippen LogP contribution in [0.15, 0.2) is 47.1 Å². The van der Waals surface area contributed by atoms with E-state index in [0.717, 1.165) is 12.8 Å². The summed E-state index contributed by atoms with van der Waals surface area (Å²) in [5.41, 5.74) is 6.43. The Hall–Kier alpha value is -2.31. The van der Waals surface area contributed by atoms with Crippen LogP contribution in [0.5, 0.6) is 0 Å². The molecule has 0 aliphatic rings. The molecule has 0 spiro atoms. The maximum Gasteiger partial charge on any atom is 0.291 e. The number of hydrogen-bond donors (Lipinski definition) is 3. The van der Waals surface area contributed by atoms with E-state index in [4.69, 9.17) is 10.2 Å².